The first-order valence-corrected chi connectivity index (χ1v) is 8.38. The maximum atomic E-state index is 11.9. The fourth-order valence-electron chi connectivity index (χ4n) is 2.69. The molecular weight excluding hydrogens is 396 g/mol. The van der Waals surface area contributed by atoms with Crippen LogP contribution in [0.2, 0.25) is 0 Å². The first-order chi connectivity index (χ1) is 14.3. The number of carbonyl (C=O) groups excluding carboxylic acids is 1. The highest BCUT2D eigenvalue weighted by Crippen LogP contribution is 2.22. The summed E-state index contributed by atoms with van der Waals surface area (Å²) < 4.78 is 4.89. The molecule has 0 bridgehead atoms. The second-order valence-corrected chi connectivity index (χ2v) is 5.97. The largest absolute Gasteiger partial charge is 0.492 e. The average Bonchev–Trinajstić information content (AvgIpc) is 2.73. The number of amidine groups is 1. The zero-order valence-corrected chi connectivity index (χ0v) is 15.5. The van der Waals surface area contributed by atoms with Gasteiger partial charge in [0.2, 0.25) is 0 Å². The van der Waals surface area contributed by atoms with Crippen molar-refractivity contribution in [1.82, 2.24) is 5.06 Å². The van der Waals surface area contributed by atoms with Crippen molar-refractivity contribution in [3.05, 3.63) is 109 Å². The molecule has 1 N–H and O–H groups in total. The van der Waals surface area contributed by atoms with Crippen molar-refractivity contribution in [3.8, 4) is 0 Å². The molecule has 0 saturated heterocycles. The lowest BCUT2D eigenvalue weighted by atomic mass is 10.0. The van der Waals surface area contributed by atoms with E-state index in [0.29, 0.717) is 11.1 Å². The Bertz CT molecular complexity index is 1130. The molecule has 0 saturated carbocycles. The van der Waals surface area contributed by atoms with Crippen LogP contribution in [0.1, 0.15) is 5.56 Å². The van der Waals surface area contributed by atoms with Gasteiger partial charge in [0.15, 0.2) is 11.6 Å². The van der Waals surface area contributed by atoms with Crippen LogP contribution in [-0.4, -0.2) is 38.8 Å². The Hall–Kier alpha value is -4.38. The Balaban J connectivity index is 1.93. The molecule has 2 aliphatic rings. The summed E-state index contributed by atoms with van der Waals surface area (Å²) in [6.07, 6.45) is 8.15. The van der Waals surface area contributed by atoms with Gasteiger partial charge in [0.25, 0.3) is 11.5 Å². The first kappa shape index (κ1) is 20.4. The molecule has 11 nitrogen and oxygen atoms in total. The van der Waals surface area contributed by atoms with E-state index < -0.39 is 21.3 Å². The van der Waals surface area contributed by atoms with Gasteiger partial charge in [0.1, 0.15) is 0 Å². The second-order valence-electron chi connectivity index (χ2n) is 5.97. The highest BCUT2D eigenvalue weighted by molar-refractivity contribution is 6.07. The van der Waals surface area contributed by atoms with Crippen LogP contribution in [0.5, 0.6) is 0 Å². The van der Waals surface area contributed by atoms with Gasteiger partial charge in [0.05, 0.1) is 22.7 Å². The van der Waals surface area contributed by atoms with Crippen LogP contribution in [0.3, 0.4) is 0 Å². The number of nitrogens with zero attached hydrogens (tertiary/aromatic N) is 4. The summed E-state index contributed by atoms with van der Waals surface area (Å²) in [5.74, 6) is -0.971. The maximum absolute atomic E-state index is 11.9. The van der Waals surface area contributed by atoms with E-state index >= 15 is 0 Å². The Labute approximate surface area is 169 Å². The smallest absolute Gasteiger partial charge is 0.320 e. The molecule has 3 rings (SSSR count). The molecule has 1 heterocycles. The molecular formula is C19H14N4O7. The number of hydrogen-bond acceptors (Lipinski definition) is 9. The zero-order chi connectivity index (χ0) is 21.8. The van der Waals surface area contributed by atoms with Gasteiger partial charge < -0.3 is 4.74 Å². The molecule has 152 valence electrons. The van der Waals surface area contributed by atoms with Crippen LogP contribution in [0.4, 0.5) is 5.69 Å². The van der Waals surface area contributed by atoms with Gasteiger partial charge in [-0.1, -0.05) is 18.2 Å². The Kier molecular flexibility index (Phi) is 5.65. The van der Waals surface area contributed by atoms with Gasteiger partial charge in [0, 0.05) is 30.0 Å². The lowest BCUT2D eigenvalue weighted by molar-refractivity contribution is -0.418. The van der Waals surface area contributed by atoms with Gasteiger partial charge >= 0.3 is 5.70 Å². The number of rotatable bonds is 5. The monoisotopic (exact) mass is 410 g/mol. The van der Waals surface area contributed by atoms with Crippen LogP contribution in [0.15, 0.2) is 88.6 Å². The van der Waals surface area contributed by atoms with Gasteiger partial charge in [-0.05, 0) is 23.8 Å². The molecule has 1 aromatic rings. The number of hydrogen-bond donors (Lipinski definition) is 1. The van der Waals surface area contributed by atoms with E-state index in [1.165, 1.54) is 55.8 Å². The van der Waals surface area contributed by atoms with Crippen molar-refractivity contribution in [2.24, 2.45) is 4.99 Å². The third-order valence-electron chi connectivity index (χ3n) is 4.12. The van der Waals surface area contributed by atoms with E-state index in [-0.39, 0.29) is 23.0 Å². The van der Waals surface area contributed by atoms with E-state index in [4.69, 9.17) is 4.74 Å². The Morgan fingerprint density at radius 1 is 1.17 bits per heavy atom. The number of nitro benzene ring substituents is 1. The summed E-state index contributed by atoms with van der Waals surface area (Å²) in [6, 6.07) is 5.60. The summed E-state index contributed by atoms with van der Waals surface area (Å²) in [5, 5.41) is 33.3. The minimum Gasteiger partial charge on any atom is -0.492 e. The van der Waals surface area contributed by atoms with E-state index in [1.54, 1.807) is 6.07 Å². The van der Waals surface area contributed by atoms with Gasteiger partial charge in [-0.15, -0.1) is 0 Å². The number of ether oxygens (including phenoxy) is 1. The summed E-state index contributed by atoms with van der Waals surface area (Å²) >= 11 is 0. The fraction of sp³-hybridized carbons (Fsp3) is 0.0526. The maximum Gasteiger partial charge on any atom is 0.320 e. The summed E-state index contributed by atoms with van der Waals surface area (Å²) in [6.45, 7) is 0. The van der Waals surface area contributed by atoms with Crippen LogP contribution in [-0.2, 0) is 9.53 Å². The summed E-state index contributed by atoms with van der Waals surface area (Å²) in [7, 11) is 1.23. The molecule has 0 fully saturated rings. The lowest BCUT2D eigenvalue weighted by Crippen LogP contribution is -2.28. The van der Waals surface area contributed by atoms with Crippen LogP contribution < -0.4 is 0 Å². The normalized spacial score (nSPS) is 18.8. The quantitative estimate of drug-likeness (QED) is 0.575. The topological polar surface area (TPSA) is 148 Å². The van der Waals surface area contributed by atoms with Crippen molar-refractivity contribution in [1.29, 1.82) is 0 Å². The summed E-state index contributed by atoms with van der Waals surface area (Å²) in [5.41, 5.74) is 0.0476. The minimum absolute atomic E-state index is 0.0549. The van der Waals surface area contributed by atoms with E-state index in [2.05, 4.69) is 4.99 Å². The average molecular weight is 410 g/mol. The van der Waals surface area contributed by atoms with Crippen molar-refractivity contribution >= 4 is 17.3 Å². The van der Waals surface area contributed by atoms with Crippen molar-refractivity contribution in [3.63, 3.8) is 0 Å². The lowest BCUT2D eigenvalue weighted by Gasteiger charge is -2.22. The number of nitro groups is 2. The number of allylic oxidation sites excluding steroid dienone is 6. The molecule has 1 aliphatic carbocycles. The van der Waals surface area contributed by atoms with E-state index in [0.717, 1.165) is 11.1 Å². The fourth-order valence-corrected chi connectivity index (χ4v) is 2.69. The van der Waals surface area contributed by atoms with E-state index in [1.807, 2.05) is 0 Å². The third-order valence-corrected chi connectivity index (χ3v) is 4.12. The highest BCUT2D eigenvalue weighted by Gasteiger charge is 2.30. The predicted octanol–water partition coefficient (Wildman–Crippen LogP) is 2.64. The number of hydroxylamine groups is 2. The number of non-ortho nitro benzene ring substituents is 1. The highest BCUT2D eigenvalue weighted by atomic mass is 16.6. The van der Waals surface area contributed by atoms with E-state index in [9.17, 15) is 30.2 Å². The molecule has 0 amide bonds. The van der Waals surface area contributed by atoms with Crippen molar-refractivity contribution in [2.75, 3.05) is 7.11 Å². The number of benzene rings is 1. The minimum atomic E-state index is -0.839. The SMILES string of the molecule is COC1=C/C(=C\C=C2\C=CN=C(c3cccc([N+](=O)[O-])c3)N2O)C=C([N+](=O)[O-])C1=O. The van der Waals surface area contributed by atoms with Gasteiger partial charge in [-0.2, -0.15) is 0 Å². The number of ketones is 1. The number of methoxy groups -OCH3 is 1. The Morgan fingerprint density at radius 3 is 2.60 bits per heavy atom. The van der Waals surface area contributed by atoms with Gasteiger partial charge in [-0.3, -0.25) is 30.2 Å². The molecule has 0 atom stereocenters. The molecule has 1 aromatic carbocycles. The first-order valence-electron chi connectivity index (χ1n) is 8.38. The second kappa shape index (κ2) is 8.32. The van der Waals surface area contributed by atoms with Crippen LogP contribution >= 0.6 is 0 Å². The molecule has 1 aliphatic heterocycles. The van der Waals surface area contributed by atoms with Gasteiger partial charge in [-0.25, -0.2) is 10.1 Å². The molecule has 11 heteroatoms. The predicted molar refractivity (Wildman–Crippen MR) is 104 cm³/mol. The molecule has 0 unspecified atom stereocenters. The summed E-state index contributed by atoms with van der Waals surface area (Å²) in [4.78, 5) is 36.6. The molecule has 0 spiro atoms. The van der Waals surface area contributed by atoms with Crippen molar-refractivity contribution in [2.45, 2.75) is 0 Å². The number of Topliss-reactive ketones (excluding diaryl/α,β-unsaturated/α-hetero) is 1. The standard InChI is InChI=1S/C19H14N4O7/c1-30-17-10-12(9-16(18(17)24)23(28)29)5-6-14-7-8-20-19(21(14)25)13-3-2-4-15(11-13)22(26)27/h2-11,25H,1H3/b12-5-,14-6-. The third kappa shape index (κ3) is 4.05. The molecule has 30 heavy (non-hydrogen) atoms. The Morgan fingerprint density at radius 2 is 1.93 bits per heavy atom. The van der Waals surface area contributed by atoms with Crippen LogP contribution in [0.25, 0.3) is 0 Å². The van der Waals surface area contributed by atoms with Crippen molar-refractivity contribution < 1.29 is 24.6 Å². The number of aliphatic imine (C=N–C) groups is 1. The molecule has 0 radical (unpaired) electrons. The number of carbonyl (C=O) groups is 1. The zero-order valence-electron chi connectivity index (χ0n) is 15.5. The molecule has 0 aromatic heterocycles. The van der Waals surface area contributed by atoms with Crippen LogP contribution in [0, 0.1) is 20.2 Å².